The topological polar surface area (TPSA) is 66.8 Å². The van der Waals surface area contributed by atoms with Crippen LogP contribution in [0.25, 0.3) is 0 Å². The van der Waals surface area contributed by atoms with Gasteiger partial charge in [0.05, 0.1) is 5.92 Å². The zero-order valence-electron chi connectivity index (χ0n) is 14.5. The predicted octanol–water partition coefficient (Wildman–Crippen LogP) is 3.53. The molecular weight excluding hydrogens is 373 g/mol. The van der Waals surface area contributed by atoms with E-state index in [1.165, 1.54) is 12.1 Å². The molecule has 1 aliphatic heterocycles. The molecule has 1 fully saturated rings. The molecule has 27 heavy (non-hydrogen) atoms. The molecule has 0 aliphatic carbocycles. The summed E-state index contributed by atoms with van der Waals surface area (Å²) in [5.74, 6) is -1.42. The van der Waals surface area contributed by atoms with Crippen LogP contribution in [-0.4, -0.2) is 35.0 Å². The van der Waals surface area contributed by atoms with Crippen LogP contribution in [0, 0.1) is 11.7 Å². The third-order valence-corrected chi connectivity index (χ3v) is 4.78. The van der Waals surface area contributed by atoms with Gasteiger partial charge >= 0.3 is 5.97 Å². The smallest absolute Gasteiger partial charge is 0.308 e. The molecule has 5 nitrogen and oxygen atoms in total. The molecule has 0 spiro atoms. The summed E-state index contributed by atoms with van der Waals surface area (Å²) >= 11 is 6.08. The van der Waals surface area contributed by atoms with E-state index in [2.05, 4.69) is 0 Å². The normalized spacial score (nSPS) is 16.6. The zero-order valence-corrected chi connectivity index (χ0v) is 15.3. The Labute approximate surface area is 161 Å². The van der Waals surface area contributed by atoms with Crippen molar-refractivity contribution in [1.82, 2.24) is 4.90 Å². The van der Waals surface area contributed by atoms with Crippen LogP contribution in [0.1, 0.15) is 17.5 Å². The van der Waals surface area contributed by atoms with Gasteiger partial charge < -0.3 is 14.7 Å². The Morgan fingerprint density at radius 2 is 2.00 bits per heavy atom. The number of amides is 1. The molecule has 0 aromatic heterocycles. The molecule has 1 unspecified atom stereocenters. The highest BCUT2D eigenvalue weighted by atomic mass is 35.5. The predicted molar refractivity (Wildman–Crippen MR) is 98.2 cm³/mol. The lowest BCUT2D eigenvalue weighted by Crippen LogP contribution is -2.28. The molecule has 2 aromatic carbocycles. The van der Waals surface area contributed by atoms with Crippen LogP contribution in [0.2, 0.25) is 5.02 Å². The lowest BCUT2D eigenvalue weighted by atomic mass is 10.1. The molecule has 0 bridgehead atoms. The number of halogens is 2. The summed E-state index contributed by atoms with van der Waals surface area (Å²) in [5.41, 5.74) is 1.66. The molecule has 0 saturated carbocycles. The van der Waals surface area contributed by atoms with Crippen LogP contribution in [-0.2, 0) is 22.6 Å². The Morgan fingerprint density at radius 1 is 1.26 bits per heavy atom. The van der Waals surface area contributed by atoms with E-state index in [4.69, 9.17) is 21.4 Å². The molecule has 1 saturated heterocycles. The average molecular weight is 392 g/mol. The van der Waals surface area contributed by atoms with Crippen molar-refractivity contribution in [2.75, 3.05) is 13.1 Å². The van der Waals surface area contributed by atoms with Gasteiger partial charge in [0.2, 0.25) is 5.91 Å². The summed E-state index contributed by atoms with van der Waals surface area (Å²) in [6.45, 7) is 0.898. The van der Waals surface area contributed by atoms with Crippen molar-refractivity contribution >= 4 is 23.5 Å². The highest BCUT2D eigenvalue weighted by molar-refractivity contribution is 6.30. The van der Waals surface area contributed by atoms with Gasteiger partial charge in [0.15, 0.2) is 0 Å². The maximum Gasteiger partial charge on any atom is 0.308 e. The van der Waals surface area contributed by atoms with Crippen LogP contribution in [0.4, 0.5) is 4.39 Å². The summed E-state index contributed by atoms with van der Waals surface area (Å²) in [7, 11) is 0. The van der Waals surface area contributed by atoms with E-state index >= 15 is 0 Å². The van der Waals surface area contributed by atoms with Gasteiger partial charge in [-0.3, -0.25) is 9.59 Å². The zero-order chi connectivity index (χ0) is 19.4. The van der Waals surface area contributed by atoms with Gasteiger partial charge in [-0.05, 0) is 47.9 Å². The van der Waals surface area contributed by atoms with E-state index in [1.807, 2.05) is 0 Å². The third-order valence-electron chi connectivity index (χ3n) is 4.54. The second-order valence-electron chi connectivity index (χ2n) is 6.50. The van der Waals surface area contributed by atoms with E-state index in [0.29, 0.717) is 23.7 Å². The van der Waals surface area contributed by atoms with E-state index < -0.39 is 11.9 Å². The van der Waals surface area contributed by atoms with Crippen molar-refractivity contribution in [3.8, 4) is 5.75 Å². The number of hydrogen-bond acceptors (Lipinski definition) is 3. The van der Waals surface area contributed by atoms with Crippen molar-refractivity contribution in [2.24, 2.45) is 5.92 Å². The van der Waals surface area contributed by atoms with Crippen LogP contribution >= 0.6 is 11.6 Å². The molecule has 3 rings (SSSR count). The third kappa shape index (κ3) is 4.98. The number of rotatable bonds is 7. The van der Waals surface area contributed by atoms with E-state index in [9.17, 15) is 14.0 Å². The summed E-state index contributed by atoms with van der Waals surface area (Å²) in [6, 6.07) is 11.3. The first-order valence-corrected chi connectivity index (χ1v) is 8.96. The minimum Gasteiger partial charge on any atom is -0.489 e. The first-order valence-electron chi connectivity index (χ1n) is 8.58. The molecule has 0 radical (unpaired) electrons. The first kappa shape index (κ1) is 19.2. The molecule has 7 heteroatoms. The van der Waals surface area contributed by atoms with Gasteiger partial charge in [0.1, 0.15) is 18.2 Å². The molecule has 2 aromatic rings. The molecule has 1 amide bonds. The largest absolute Gasteiger partial charge is 0.489 e. The lowest BCUT2D eigenvalue weighted by Gasteiger charge is -2.18. The minimum atomic E-state index is -0.947. The number of carboxylic acids is 1. The summed E-state index contributed by atoms with van der Waals surface area (Å²) in [5, 5.41) is 9.62. The number of carbonyl (C=O) groups excluding carboxylic acids is 1. The Hall–Kier alpha value is -2.60. The Morgan fingerprint density at radius 3 is 2.67 bits per heavy atom. The number of ether oxygens (including phenoxy) is 1. The fourth-order valence-corrected chi connectivity index (χ4v) is 3.23. The van der Waals surface area contributed by atoms with Crippen LogP contribution < -0.4 is 4.74 Å². The van der Waals surface area contributed by atoms with Gasteiger partial charge in [0, 0.05) is 24.5 Å². The maximum absolute atomic E-state index is 13.0. The van der Waals surface area contributed by atoms with Crippen LogP contribution in [0.5, 0.6) is 5.75 Å². The molecule has 1 aliphatic rings. The Bertz CT molecular complexity index is 840. The summed E-state index contributed by atoms with van der Waals surface area (Å²) in [4.78, 5) is 24.6. The van der Waals surface area contributed by atoms with Gasteiger partial charge in [-0.25, -0.2) is 4.39 Å². The van der Waals surface area contributed by atoms with Crippen molar-refractivity contribution in [2.45, 2.75) is 19.4 Å². The van der Waals surface area contributed by atoms with E-state index in [-0.39, 0.29) is 31.3 Å². The molecule has 1 atom stereocenters. The monoisotopic (exact) mass is 391 g/mol. The highest BCUT2D eigenvalue weighted by Gasteiger charge is 2.33. The number of carboxylic acid groups (broad SMARTS) is 1. The fourth-order valence-electron chi connectivity index (χ4n) is 3.03. The number of benzene rings is 2. The van der Waals surface area contributed by atoms with Gasteiger partial charge in [0.25, 0.3) is 0 Å². The van der Waals surface area contributed by atoms with Gasteiger partial charge in [-0.2, -0.15) is 0 Å². The van der Waals surface area contributed by atoms with Crippen LogP contribution in [0.15, 0.2) is 42.5 Å². The van der Waals surface area contributed by atoms with Crippen molar-refractivity contribution in [3.05, 3.63) is 64.4 Å². The fraction of sp³-hybridized carbons (Fsp3) is 0.300. The SMILES string of the molecule is O=C(O)C1CC(=O)N(CCc2cc(Cl)ccc2OCc2ccc(F)cc2)C1. The second kappa shape index (κ2) is 8.39. The standard InChI is InChI=1S/C20H19ClFNO4/c21-16-3-6-18(27-12-13-1-4-17(22)5-2-13)14(9-16)7-8-23-11-15(20(25)26)10-19(23)24/h1-6,9,15H,7-8,10-12H2,(H,25,26). The first-order chi connectivity index (χ1) is 12.9. The van der Waals surface area contributed by atoms with E-state index in [0.717, 1.165) is 11.1 Å². The number of likely N-dealkylation sites (tertiary alicyclic amines) is 1. The van der Waals surface area contributed by atoms with Crippen molar-refractivity contribution < 1.29 is 23.8 Å². The summed E-state index contributed by atoms with van der Waals surface area (Å²) < 4.78 is 18.8. The number of carbonyl (C=O) groups is 2. The Kier molecular flexibility index (Phi) is 5.96. The molecule has 1 heterocycles. The van der Waals surface area contributed by atoms with Gasteiger partial charge in [-0.15, -0.1) is 0 Å². The van der Waals surface area contributed by atoms with Gasteiger partial charge in [-0.1, -0.05) is 23.7 Å². The molecule has 1 N–H and O–H groups in total. The number of hydrogen-bond donors (Lipinski definition) is 1. The highest BCUT2D eigenvalue weighted by Crippen LogP contribution is 2.26. The molecular formula is C20H19ClFNO4. The average Bonchev–Trinajstić information content (AvgIpc) is 3.01. The Balaban J connectivity index is 1.64. The number of aliphatic carboxylic acids is 1. The van der Waals surface area contributed by atoms with Crippen molar-refractivity contribution in [1.29, 1.82) is 0 Å². The number of nitrogens with zero attached hydrogens (tertiary/aromatic N) is 1. The van der Waals surface area contributed by atoms with E-state index in [1.54, 1.807) is 35.2 Å². The lowest BCUT2D eigenvalue weighted by molar-refractivity contribution is -0.141. The quantitative estimate of drug-likeness (QED) is 0.784. The molecule has 142 valence electrons. The summed E-state index contributed by atoms with van der Waals surface area (Å²) in [6.07, 6.45) is 0.538. The van der Waals surface area contributed by atoms with Crippen LogP contribution in [0.3, 0.4) is 0 Å². The minimum absolute atomic E-state index is 0.0405. The van der Waals surface area contributed by atoms with Crippen molar-refractivity contribution in [3.63, 3.8) is 0 Å². The maximum atomic E-state index is 13.0. The second-order valence-corrected chi connectivity index (χ2v) is 6.93.